The fraction of sp³-hybridized carbons (Fsp3) is 0.733. The molecule has 3 N–H and O–H groups in total. The van der Waals surface area contributed by atoms with Crippen molar-refractivity contribution in [3.05, 3.63) is 33.1 Å². The highest BCUT2D eigenvalue weighted by molar-refractivity contribution is 7.48. The van der Waals surface area contributed by atoms with Gasteiger partial charge in [-0.3, -0.25) is 33.1 Å². The van der Waals surface area contributed by atoms with E-state index in [4.69, 9.17) is 43.0 Å². The van der Waals surface area contributed by atoms with Crippen LogP contribution >= 0.6 is 7.82 Å². The summed E-state index contributed by atoms with van der Waals surface area (Å²) in [7, 11) is -4.97. The molecule has 5 atom stereocenters. The average molecular weight is 756 g/mol. The number of halogens is 1. The molecule has 0 aromatic carbocycles. The number of carbonyl (C=O) groups excluding carboxylic acids is 4. The second-order valence-corrected chi connectivity index (χ2v) is 14.3. The fourth-order valence-corrected chi connectivity index (χ4v) is 5.62. The number of aliphatic hydroxyl groups excluding tert-OH is 1. The predicted octanol–water partition coefficient (Wildman–Crippen LogP) is 1.28. The van der Waals surface area contributed by atoms with Gasteiger partial charge in [-0.2, -0.15) is 0 Å². The second-order valence-electron chi connectivity index (χ2n) is 12.6. The van der Waals surface area contributed by atoms with Gasteiger partial charge in [-0.25, -0.2) is 27.4 Å². The molecule has 21 heteroatoms. The summed E-state index contributed by atoms with van der Waals surface area (Å²) in [5.41, 5.74) is -1.17. The summed E-state index contributed by atoms with van der Waals surface area (Å²) < 4.78 is 72.1. The standard InChI is InChI=1S/C30H47FN3O16P/c1-17(2)24(32)27(40)43-14-34-22(37)9-10-33(28(34)41)23-11-30(20(7)35,49-21(8)36)29(12-31,50-23)13-46-51(42,47-15-44-25(38)18(3)4)48-16-45-26(39)19(5)6/h9-10,17-20,23-24,35H,11-16,32H2,1-8H3/t20?,23-,24?,29-,30-/m1/s1. The number of nitrogens with two attached hydrogens (primary N) is 1. The minimum Gasteiger partial charge on any atom is -0.453 e. The molecule has 2 heterocycles. The van der Waals surface area contributed by atoms with E-state index >= 15 is 4.39 Å². The number of esters is 4. The van der Waals surface area contributed by atoms with Crippen LogP contribution in [0.1, 0.15) is 68.0 Å². The molecule has 0 amide bonds. The molecule has 290 valence electrons. The Morgan fingerprint density at radius 1 is 0.980 bits per heavy atom. The monoisotopic (exact) mass is 755 g/mol. The number of nitrogens with zero attached hydrogens (tertiary/aromatic N) is 2. The van der Waals surface area contributed by atoms with Crippen molar-refractivity contribution in [2.75, 3.05) is 26.9 Å². The maximum absolute atomic E-state index is 15.4. The van der Waals surface area contributed by atoms with E-state index in [1.54, 1.807) is 13.8 Å². The molecule has 51 heavy (non-hydrogen) atoms. The van der Waals surface area contributed by atoms with Crippen LogP contribution in [0.4, 0.5) is 4.39 Å². The molecule has 0 bridgehead atoms. The minimum atomic E-state index is -4.97. The number of hydrogen-bond acceptors (Lipinski definition) is 17. The largest absolute Gasteiger partial charge is 0.480 e. The van der Waals surface area contributed by atoms with Gasteiger partial charge in [0.15, 0.2) is 17.9 Å². The molecule has 1 aliphatic heterocycles. The zero-order valence-electron chi connectivity index (χ0n) is 29.7. The molecule has 19 nitrogen and oxygen atoms in total. The summed E-state index contributed by atoms with van der Waals surface area (Å²) in [4.78, 5) is 74.7. The van der Waals surface area contributed by atoms with E-state index in [1.165, 1.54) is 27.7 Å². The summed E-state index contributed by atoms with van der Waals surface area (Å²) in [6.07, 6.45) is -3.03. The molecule has 1 aliphatic rings. The molecular weight excluding hydrogens is 708 g/mol. The Hall–Kier alpha value is -3.52. The Balaban J connectivity index is 2.54. The van der Waals surface area contributed by atoms with Crippen LogP contribution in [0.2, 0.25) is 0 Å². The van der Waals surface area contributed by atoms with E-state index in [2.05, 4.69) is 0 Å². The minimum absolute atomic E-state index is 0.323. The Kier molecular flexibility index (Phi) is 15.7. The Morgan fingerprint density at radius 3 is 1.98 bits per heavy atom. The number of aromatic nitrogens is 2. The molecule has 0 aliphatic carbocycles. The number of aliphatic hydroxyl groups is 1. The summed E-state index contributed by atoms with van der Waals surface area (Å²) in [5.74, 6) is -5.00. The van der Waals surface area contributed by atoms with E-state index < -0.39 is 124 Å². The van der Waals surface area contributed by atoms with Gasteiger partial charge in [0.1, 0.15) is 18.9 Å². The van der Waals surface area contributed by atoms with Gasteiger partial charge in [-0.05, 0) is 12.8 Å². The van der Waals surface area contributed by atoms with Gasteiger partial charge in [0, 0.05) is 25.6 Å². The van der Waals surface area contributed by atoms with Crippen molar-refractivity contribution in [3.63, 3.8) is 0 Å². The van der Waals surface area contributed by atoms with Crippen molar-refractivity contribution in [3.8, 4) is 0 Å². The van der Waals surface area contributed by atoms with Gasteiger partial charge in [0.2, 0.25) is 13.6 Å². The number of hydrogen-bond donors (Lipinski definition) is 2. The van der Waals surface area contributed by atoms with E-state index in [9.17, 15) is 38.4 Å². The summed E-state index contributed by atoms with van der Waals surface area (Å²) >= 11 is 0. The number of carbonyl (C=O) groups is 4. The van der Waals surface area contributed by atoms with E-state index in [0.29, 0.717) is 4.57 Å². The third kappa shape index (κ3) is 10.8. The van der Waals surface area contributed by atoms with Crippen LogP contribution in [0.5, 0.6) is 0 Å². The van der Waals surface area contributed by atoms with Crippen molar-refractivity contribution < 1.29 is 70.5 Å². The number of rotatable bonds is 19. The molecule has 1 saturated heterocycles. The summed E-state index contributed by atoms with van der Waals surface area (Å²) in [5, 5.41) is 11.0. The van der Waals surface area contributed by atoms with E-state index in [1.807, 2.05) is 0 Å². The zero-order chi connectivity index (χ0) is 38.9. The van der Waals surface area contributed by atoms with Crippen LogP contribution in [-0.4, -0.2) is 88.3 Å². The first-order valence-electron chi connectivity index (χ1n) is 15.9. The lowest BCUT2D eigenvalue weighted by Gasteiger charge is -2.43. The van der Waals surface area contributed by atoms with Crippen LogP contribution in [0.25, 0.3) is 0 Å². The topological polar surface area (TPSA) is 249 Å². The molecule has 1 fully saturated rings. The van der Waals surface area contributed by atoms with Crippen LogP contribution in [-0.2, 0) is 67.7 Å². The van der Waals surface area contributed by atoms with Gasteiger partial charge in [0.25, 0.3) is 5.56 Å². The molecule has 1 aromatic heterocycles. The number of phosphoric acid groups is 1. The van der Waals surface area contributed by atoms with Crippen molar-refractivity contribution in [2.45, 2.75) is 98.1 Å². The molecule has 0 radical (unpaired) electrons. The Labute approximate surface area is 293 Å². The second kappa shape index (κ2) is 18.3. The van der Waals surface area contributed by atoms with Crippen LogP contribution < -0.4 is 17.0 Å². The zero-order valence-corrected chi connectivity index (χ0v) is 30.6. The van der Waals surface area contributed by atoms with Crippen molar-refractivity contribution >= 4 is 31.7 Å². The van der Waals surface area contributed by atoms with Crippen molar-refractivity contribution in [1.82, 2.24) is 9.13 Å². The third-order valence-corrected chi connectivity index (χ3v) is 9.07. The quantitative estimate of drug-likeness (QED) is 0.0873. The lowest BCUT2D eigenvalue weighted by atomic mass is 9.79. The SMILES string of the molecule is CC(=O)O[C@@]1(C(C)O)C[C@H](n2ccc(=O)n(COC(=O)C(N)C(C)C)c2=O)O[C@]1(CF)COP(=O)(OCOC(=O)C(C)C)OCOC(=O)C(C)C. The molecular formula is C30H47FN3O16P. The molecule has 2 rings (SSSR count). The molecule has 0 saturated carbocycles. The van der Waals surface area contributed by atoms with E-state index in [0.717, 1.165) is 30.7 Å². The van der Waals surface area contributed by atoms with Crippen LogP contribution in [0.15, 0.2) is 21.9 Å². The average Bonchev–Trinajstić information content (AvgIpc) is 3.37. The smallest absolute Gasteiger partial charge is 0.453 e. The summed E-state index contributed by atoms with van der Waals surface area (Å²) in [6.45, 7) is 5.80. The first kappa shape index (κ1) is 43.6. The maximum Gasteiger partial charge on any atom is 0.480 e. The molecule has 2 unspecified atom stereocenters. The lowest BCUT2D eigenvalue weighted by molar-refractivity contribution is -0.221. The van der Waals surface area contributed by atoms with Gasteiger partial charge in [0.05, 0.1) is 24.5 Å². The van der Waals surface area contributed by atoms with Crippen LogP contribution in [0.3, 0.4) is 0 Å². The number of phosphoric ester groups is 1. The third-order valence-electron chi connectivity index (χ3n) is 7.78. The first-order chi connectivity index (χ1) is 23.7. The fourth-order valence-electron chi connectivity index (χ4n) is 4.66. The van der Waals surface area contributed by atoms with Crippen molar-refractivity contribution in [2.24, 2.45) is 23.5 Å². The van der Waals surface area contributed by atoms with Crippen LogP contribution in [0, 0.1) is 17.8 Å². The van der Waals surface area contributed by atoms with Gasteiger partial charge >= 0.3 is 37.4 Å². The van der Waals surface area contributed by atoms with E-state index in [-0.39, 0.29) is 5.92 Å². The highest BCUT2D eigenvalue weighted by atomic mass is 31.2. The highest BCUT2D eigenvalue weighted by Gasteiger charge is 2.67. The summed E-state index contributed by atoms with van der Waals surface area (Å²) in [6, 6.07) is -0.144. The first-order valence-corrected chi connectivity index (χ1v) is 17.3. The normalized spacial score (nSPS) is 21.8. The van der Waals surface area contributed by atoms with Gasteiger partial charge < -0.3 is 34.5 Å². The number of alkyl halides is 1. The molecule has 1 aromatic rings. The maximum atomic E-state index is 15.4. The molecule has 0 spiro atoms. The lowest BCUT2D eigenvalue weighted by Crippen LogP contribution is -2.63. The Bertz CT molecular complexity index is 1530. The Morgan fingerprint density at radius 2 is 1.53 bits per heavy atom. The highest BCUT2D eigenvalue weighted by Crippen LogP contribution is 2.55. The van der Waals surface area contributed by atoms with Crippen molar-refractivity contribution in [1.29, 1.82) is 0 Å². The van der Waals surface area contributed by atoms with Gasteiger partial charge in [-0.15, -0.1) is 0 Å². The predicted molar refractivity (Wildman–Crippen MR) is 171 cm³/mol. The number of ether oxygens (including phenoxy) is 5. The van der Waals surface area contributed by atoms with Gasteiger partial charge in [-0.1, -0.05) is 41.5 Å².